The van der Waals surface area contributed by atoms with Crippen molar-refractivity contribution in [1.29, 1.82) is 0 Å². The minimum Gasteiger partial charge on any atom is -0.466 e. The van der Waals surface area contributed by atoms with Crippen LogP contribution in [0.5, 0.6) is 0 Å². The van der Waals surface area contributed by atoms with Crippen LogP contribution < -0.4 is 0 Å². The molecule has 3 aliphatic carbocycles. The zero-order chi connectivity index (χ0) is 13.6. The van der Waals surface area contributed by atoms with Gasteiger partial charge in [0.05, 0.1) is 12.5 Å². The Morgan fingerprint density at radius 2 is 2.21 bits per heavy atom. The average Bonchev–Trinajstić information content (AvgIpc) is 2.39. The lowest BCUT2D eigenvalue weighted by Crippen LogP contribution is -2.40. The second-order valence-corrected chi connectivity index (χ2v) is 6.11. The van der Waals surface area contributed by atoms with Crippen LogP contribution in [0.2, 0.25) is 0 Å². The Hall–Kier alpha value is -1.16. The van der Waals surface area contributed by atoms with E-state index >= 15 is 0 Å². The van der Waals surface area contributed by atoms with Crippen molar-refractivity contribution in [3.05, 3.63) is 33.8 Å². The summed E-state index contributed by atoms with van der Waals surface area (Å²) in [4.78, 5) is 24.1. The smallest absolute Gasteiger partial charge is 0.309 e. The van der Waals surface area contributed by atoms with E-state index < -0.39 is 0 Å². The first-order valence-electron chi connectivity index (χ1n) is 6.60. The topological polar surface area (TPSA) is 43.4 Å². The molecule has 3 atom stereocenters. The number of Topliss-reactive ketones (excluding diaryl/α,β-unsaturated/α-hetero) is 1. The SMILES string of the molecule is CCOC(=O)C1CC2C(=O)CC1c1cc(Br)ccc12. The summed E-state index contributed by atoms with van der Waals surface area (Å²) in [6.07, 6.45) is 1.08. The second kappa shape index (κ2) is 4.75. The van der Waals surface area contributed by atoms with Gasteiger partial charge in [-0.2, -0.15) is 0 Å². The van der Waals surface area contributed by atoms with Crippen LogP contribution in [0.25, 0.3) is 0 Å². The quantitative estimate of drug-likeness (QED) is 0.785. The molecule has 1 fully saturated rings. The number of hydrogen-bond donors (Lipinski definition) is 0. The van der Waals surface area contributed by atoms with Crippen LogP contribution in [0.3, 0.4) is 0 Å². The Morgan fingerprint density at radius 1 is 1.42 bits per heavy atom. The molecule has 0 aromatic heterocycles. The number of benzene rings is 1. The lowest BCUT2D eigenvalue weighted by molar-refractivity contribution is -0.151. The van der Waals surface area contributed by atoms with Gasteiger partial charge in [0.2, 0.25) is 0 Å². The van der Waals surface area contributed by atoms with Gasteiger partial charge in [-0.3, -0.25) is 9.59 Å². The van der Waals surface area contributed by atoms with E-state index in [-0.39, 0.29) is 29.5 Å². The number of carbonyl (C=O) groups excluding carboxylic acids is 2. The van der Waals surface area contributed by atoms with E-state index in [4.69, 9.17) is 4.74 Å². The molecule has 0 spiro atoms. The number of ketones is 1. The number of rotatable bonds is 2. The molecule has 0 N–H and O–H groups in total. The van der Waals surface area contributed by atoms with Crippen molar-refractivity contribution >= 4 is 27.7 Å². The summed E-state index contributed by atoms with van der Waals surface area (Å²) >= 11 is 3.46. The van der Waals surface area contributed by atoms with Crippen LogP contribution in [0.4, 0.5) is 0 Å². The molecule has 3 nitrogen and oxygen atoms in total. The van der Waals surface area contributed by atoms with Crippen molar-refractivity contribution in [3.8, 4) is 0 Å². The molecule has 0 radical (unpaired) electrons. The fourth-order valence-electron chi connectivity index (χ4n) is 3.37. The molecule has 3 unspecified atom stereocenters. The molecule has 4 rings (SSSR count). The molecule has 0 saturated heterocycles. The molecule has 1 aromatic carbocycles. The van der Waals surface area contributed by atoms with Gasteiger partial charge in [-0.25, -0.2) is 0 Å². The van der Waals surface area contributed by atoms with Crippen molar-refractivity contribution < 1.29 is 14.3 Å². The van der Waals surface area contributed by atoms with Gasteiger partial charge in [0.1, 0.15) is 5.78 Å². The van der Waals surface area contributed by atoms with Crippen LogP contribution >= 0.6 is 15.9 Å². The predicted octanol–water partition coefficient (Wildman–Crippen LogP) is 3.17. The monoisotopic (exact) mass is 322 g/mol. The van der Waals surface area contributed by atoms with E-state index in [1.54, 1.807) is 0 Å². The lowest BCUT2D eigenvalue weighted by Gasteiger charge is -2.41. The fourth-order valence-corrected chi connectivity index (χ4v) is 3.75. The summed E-state index contributed by atoms with van der Waals surface area (Å²) in [6, 6.07) is 6.02. The van der Waals surface area contributed by atoms with Gasteiger partial charge in [-0.15, -0.1) is 0 Å². The first-order valence-corrected chi connectivity index (χ1v) is 7.39. The van der Waals surface area contributed by atoms with E-state index in [1.165, 1.54) is 0 Å². The highest BCUT2D eigenvalue weighted by Crippen LogP contribution is 2.51. The minimum absolute atomic E-state index is 0.0101. The summed E-state index contributed by atoms with van der Waals surface area (Å²) in [7, 11) is 0. The summed E-state index contributed by atoms with van der Waals surface area (Å²) in [5, 5.41) is 0. The van der Waals surface area contributed by atoms with Crippen molar-refractivity contribution in [3.63, 3.8) is 0 Å². The molecule has 1 aromatic rings. The first kappa shape index (κ1) is 12.9. The molecule has 1 saturated carbocycles. The molecule has 3 aliphatic rings. The highest BCUT2D eigenvalue weighted by molar-refractivity contribution is 9.10. The van der Waals surface area contributed by atoms with Gasteiger partial charge < -0.3 is 4.74 Å². The molecular formula is C15H15BrO3. The van der Waals surface area contributed by atoms with Crippen LogP contribution in [-0.2, 0) is 14.3 Å². The number of fused-ring (bicyclic) bond motifs is 2. The van der Waals surface area contributed by atoms with Crippen LogP contribution in [0.1, 0.15) is 42.7 Å². The van der Waals surface area contributed by atoms with Gasteiger partial charge >= 0.3 is 5.97 Å². The molecule has 19 heavy (non-hydrogen) atoms. The van der Waals surface area contributed by atoms with E-state index in [9.17, 15) is 9.59 Å². The predicted molar refractivity (Wildman–Crippen MR) is 74.0 cm³/mol. The molecule has 2 bridgehead atoms. The lowest BCUT2D eigenvalue weighted by atomic mass is 9.61. The fraction of sp³-hybridized carbons (Fsp3) is 0.467. The van der Waals surface area contributed by atoms with Gasteiger partial charge in [0.25, 0.3) is 0 Å². The number of halogens is 1. The Balaban J connectivity index is 2.02. The average molecular weight is 323 g/mol. The number of hydrogen-bond acceptors (Lipinski definition) is 3. The molecular weight excluding hydrogens is 308 g/mol. The minimum atomic E-state index is -0.163. The zero-order valence-corrected chi connectivity index (χ0v) is 12.3. The van der Waals surface area contributed by atoms with Gasteiger partial charge in [-0.1, -0.05) is 22.0 Å². The maximum atomic E-state index is 12.1. The van der Waals surface area contributed by atoms with E-state index in [2.05, 4.69) is 15.9 Å². The van der Waals surface area contributed by atoms with Gasteiger partial charge in [0, 0.05) is 22.7 Å². The largest absolute Gasteiger partial charge is 0.466 e. The standard InChI is InChI=1S/C15H15BrO3/c1-2-19-15(18)13-6-12-9-4-3-8(16)5-10(9)11(13)7-14(12)17/h3-5,11-13H,2,6-7H2,1H3. The molecule has 0 aliphatic heterocycles. The third-order valence-corrected chi connectivity index (χ3v) is 4.69. The third-order valence-electron chi connectivity index (χ3n) is 4.20. The Kier molecular flexibility index (Phi) is 3.21. The summed E-state index contributed by atoms with van der Waals surface area (Å²) in [5.74, 6) is -0.188. The van der Waals surface area contributed by atoms with Gasteiger partial charge in [0.15, 0.2) is 0 Å². The van der Waals surface area contributed by atoms with Crippen LogP contribution in [0.15, 0.2) is 22.7 Å². The maximum Gasteiger partial charge on any atom is 0.309 e. The van der Waals surface area contributed by atoms with E-state index in [0.717, 1.165) is 15.6 Å². The van der Waals surface area contributed by atoms with Crippen LogP contribution in [0, 0.1) is 5.92 Å². The Labute approximate surface area is 120 Å². The van der Waals surface area contributed by atoms with E-state index in [1.807, 2.05) is 25.1 Å². The maximum absolute atomic E-state index is 12.1. The number of carbonyl (C=O) groups is 2. The molecule has 100 valence electrons. The number of esters is 1. The summed E-state index contributed by atoms with van der Waals surface area (Å²) in [5.41, 5.74) is 2.24. The van der Waals surface area contributed by atoms with Crippen molar-refractivity contribution in [2.75, 3.05) is 6.61 Å². The first-order chi connectivity index (χ1) is 9.11. The van der Waals surface area contributed by atoms with Crippen molar-refractivity contribution in [2.24, 2.45) is 5.92 Å². The van der Waals surface area contributed by atoms with E-state index in [0.29, 0.717) is 19.4 Å². The summed E-state index contributed by atoms with van der Waals surface area (Å²) in [6.45, 7) is 2.21. The molecule has 0 amide bonds. The van der Waals surface area contributed by atoms with Crippen molar-refractivity contribution in [2.45, 2.75) is 31.6 Å². The highest BCUT2D eigenvalue weighted by atomic mass is 79.9. The van der Waals surface area contributed by atoms with Gasteiger partial charge in [-0.05, 0) is 36.6 Å². The molecule has 4 heteroatoms. The van der Waals surface area contributed by atoms with Crippen LogP contribution in [-0.4, -0.2) is 18.4 Å². The third kappa shape index (κ3) is 2.02. The Bertz CT molecular complexity index is 552. The molecule has 0 heterocycles. The van der Waals surface area contributed by atoms with Crippen molar-refractivity contribution in [1.82, 2.24) is 0 Å². The Morgan fingerprint density at radius 3 is 2.95 bits per heavy atom. The second-order valence-electron chi connectivity index (χ2n) is 5.20. The highest BCUT2D eigenvalue weighted by Gasteiger charge is 2.47. The zero-order valence-electron chi connectivity index (χ0n) is 10.7. The normalized spacial score (nSPS) is 28.1. The number of ether oxygens (including phenoxy) is 1. The summed E-state index contributed by atoms with van der Waals surface area (Å²) < 4.78 is 6.15.